The van der Waals surface area contributed by atoms with Gasteiger partial charge in [-0.2, -0.15) is 0 Å². The fourth-order valence-corrected chi connectivity index (χ4v) is 2.83. The normalized spacial score (nSPS) is 12.7. The highest BCUT2D eigenvalue weighted by atomic mass is 32.1. The maximum absolute atomic E-state index is 5.35. The molecule has 0 amide bonds. The van der Waals surface area contributed by atoms with Crippen LogP contribution in [0.5, 0.6) is 0 Å². The first-order valence-electron chi connectivity index (χ1n) is 6.43. The van der Waals surface area contributed by atoms with Crippen LogP contribution in [0.25, 0.3) is 10.2 Å². The van der Waals surface area contributed by atoms with Crippen molar-refractivity contribution >= 4 is 27.2 Å². The van der Waals surface area contributed by atoms with Gasteiger partial charge in [0.1, 0.15) is 5.76 Å². The standard InChI is InChI=1S/C15H16N2OS/c1-11(4-6-13-3-2-8-18-13)17-12-5-7-14-15(9-12)19-10-16-14/h2-3,5,7-11,17H,4,6H2,1H3. The summed E-state index contributed by atoms with van der Waals surface area (Å²) in [6.07, 6.45) is 3.74. The van der Waals surface area contributed by atoms with Crippen molar-refractivity contribution in [3.05, 3.63) is 47.9 Å². The van der Waals surface area contributed by atoms with Crippen molar-refractivity contribution in [2.24, 2.45) is 0 Å². The quantitative estimate of drug-likeness (QED) is 0.751. The Kier molecular flexibility index (Phi) is 3.51. The SMILES string of the molecule is CC(CCc1ccco1)Nc1ccc2ncsc2c1. The van der Waals surface area contributed by atoms with Crippen LogP contribution in [0.1, 0.15) is 19.1 Å². The smallest absolute Gasteiger partial charge is 0.103 e. The van der Waals surface area contributed by atoms with Crippen LogP contribution < -0.4 is 5.32 Å². The Morgan fingerprint density at radius 1 is 1.37 bits per heavy atom. The van der Waals surface area contributed by atoms with Gasteiger partial charge < -0.3 is 9.73 Å². The minimum Gasteiger partial charge on any atom is -0.469 e. The molecule has 0 aliphatic rings. The number of benzene rings is 1. The molecule has 19 heavy (non-hydrogen) atoms. The number of rotatable bonds is 5. The van der Waals surface area contributed by atoms with Crippen LogP contribution >= 0.6 is 11.3 Å². The second kappa shape index (κ2) is 5.45. The lowest BCUT2D eigenvalue weighted by Gasteiger charge is -2.14. The molecule has 4 heteroatoms. The predicted octanol–water partition coefficient (Wildman–Crippen LogP) is 4.32. The van der Waals surface area contributed by atoms with Crippen molar-refractivity contribution in [1.82, 2.24) is 4.98 Å². The van der Waals surface area contributed by atoms with Gasteiger partial charge >= 0.3 is 0 Å². The van der Waals surface area contributed by atoms with E-state index in [0.29, 0.717) is 6.04 Å². The Hall–Kier alpha value is -1.81. The minimum atomic E-state index is 0.412. The van der Waals surface area contributed by atoms with Gasteiger partial charge in [0.15, 0.2) is 0 Å². The number of aryl methyl sites for hydroxylation is 1. The Balaban J connectivity index is 1.60. The summed E-state index contributed by atoms with van der Waals surface area (Å²) in [6, 6.07) is 10.7. The summed E-state index contributed by atoms with van der Waals surface area (Å²) in [7, 11) is 0. The van der Waals surface area contributed by atoms with E-state index in [1.807, 2.05) is 17.6 Å². The number of nitrogens with zero attached hydrogens (tertiary/aromatic N) is 1. The average Bonchev–Trinajstić information content (AvgIpc) is 3.07. The molecule has 0 spiro atoms. The molecular weight excluding hydrogens is 256 g/mol. The number of aromatic nitrogens is 1. The highest BCUT2D eigenvalue weighted by molar-refractivity contribution is 7.16. The van der Waals surface area contributed by atoms with Crippen molar-refractivity contribution < 1.29 is 4.42 Å². The summed E-state index contributed by atoms with van der Waals surface area (Å²) >= 11 is 1.67. The van der Waals surface area contributed by atoms with Crippen LogP contribution in [0.15, 0.2) is 46.5 Å². The zero-order valence-electron chi connectivity index (χ0n) is 10.8. The van der Waals surface area contributed by atoms with E-state index in [4.69, 9.17) is 4.42 Å². The third-order valence-electron chi connectivity index (χ3n) is 3.15. The van der Waals surface area contributed by atoms with Crippen LogP contribution in [-0.2, 0) is 6.42 Å². The van der Waals surface area contributed by atoms with E-state index < -0.39 is 0 Å². The summed E-state index contributed by atoms with van der Waals surface area (Å²) in [5.74, 6) is 1.05. The fourth-order valence-electron chi connectivity index (χ4n) is 2.12. The predicted molar refractivity (Wildman–Crippen MR) is 79.7 cm³/mol. The van der Waals surface area contributed by atoms with Gasteiger partial charge in [-0.05, 0) is 43.7 Å². The average molecular weight is 272 g/mol. The number of hydrogen-bond donors (Lipinski definition) is 1. The molecule has 3 nitrogen and oxygen atoms in total. The summed E-state index contributed by atoms with van der Waals surface area (Å²) < 4.78 is 6.57. The molecule has 2 aromatic heterocycles. The molecule has 0 bridgehead atoms. The van der Waals surface area contributed by atoms with Crippen molar-refractivity contribution in [3.63, 3.8) is 0 Å². The molecule has 3 aromatic rings. The van der Waals surface area contributed by atoms with Gasteiger partial charge in [-0.25, -0.2) is 4.98 Å². The second-order valence-electron chi connectivity index (χ2n) is 4.70. The van der Waals surface area contributed by atoms with Crippen LogP contribution in [-0.4, -0.2) is 11.0 Å². The molecule has 1 atom stereocenters. The Morgan fingerprint density at radius 2 is 2.32 bits per heavy atom. The van der Waals surface area contributed by atoms with Crippen molar-refractivity contribution in [2.45, 2.75) is 25.8 Å². The van der Waals surface area contributed by atoms with Crippen molar-refractivity contribution in [2.75, 3.05) is 5.32 Å². The van der Waals surface area contributed by atoms with Crippen LogP contribution in [0.3, 0.4) is 0 Å². The zero-order chi connectivity index (χ0) is 13.1. The maximum Gasteiger partial charge on any atom is 0.103 e. The zero-order valence-corrected chi connectivity index (χ0v) is 11.6. The van der Waals surface area contributed by atoms with E-state index in [1.165, 1.54) is 4.70 Å². The van der Waals surface area contributed by atoms with E-state index in [0.717, 1.165) is 29.8 Å². The molecule has 3 rings (SSSR count). The number of fused-ring (bicyclic) bond motifs is 1. The van der Waals surface area contributed by atoms with Crippen molar-refractivity contribution in [3.8, 4) is 0 Å². The third kappa shape index (κ3) is 2.96. The molecule has 0 saturated carbocycles. The highest BCUT2D eigenvalue weighted by Gasteiger charge is 2.05. The molecule has 98 valence electrons. The van der Waals surface area contributed by atoms with Gasteiger partial charge in [0.25, 0.3) is 0 Å². The Morgan fingerprint density at radius 3 is 3.16 bits per heavy atom. The number of furan rings is 1. The lowest BCUT2D eigenvalue weighted by Crippen LogP contribution is -2.15. The molecule has 0 aliphatic carbocycles. The second-order valence-corrected chi connectivity index (χ2v) is 5.58. The first-order valence-corrected chi connectivity index (χ1v) is 7.31. The number of nitrogens with one attached hydrogen (secondary N) is 1. The fraction of sp³-hybridized carbons (Fsp3) is 0.267. The molecule has 0 fully saturated rings. The minimum absolute atomic E-state index is 0.412. The monoisotopic (exact) mass is 272 g/mol. The van der Waals surface area contributed by atoms with Gasteiger partial charge in [-0.1, -0.05) is 0 Å². The van der Waals surface area contributed by atoms with E-state index in [1.54, 1.807) is 17.6 Å². The maximum atomic E-state index is 5.35. The van der Waals surface area contributed by atoms with Gasteiger partial charge in [0.05, 0.1) is 22.0 Å². The first kappa shape index (κ1) is 12.2. The molecule has 0 saturated heterocycles. The first-order chi connectivity index (χ1) is 9.31. The van der Waals surface area contributed by atoms with Gasteiger partial charge in [-0.3, -0.25) is 0 Å². The van der Waals surface area contributed by atoms with Crippen LogP contribution in [0.4, 0.5) is 5.69 Å². The molecule has 1 unspecified atom stereocenters. The Bertz CT molecular complexity index is 645. The van der Waals surface area contributed by atoms with Gasteiger partial charge in [0, 0.05) is 18.2 Å². The van der Waals surface area contributed by atoms with E-state index in [-0.39, 0.29) is 0 Å². The molecule has 0 aliphatic heterocycles. The largest absolute Gasteiger partial charge is 0.469 e. The summed E-state index contributed by atoms with van der Waals surface area (Å²) in [5, 5.41) is 3.52. The van der Waals surface area contributed by atoms with Gasteiger partial charge in [-0.15, -0.1) is 11.3 Å². The Labute approximate surface area is 116 Å². The van der Waals surface area contributed by atoms with E-state index in [9.17, 15) is 0 Å². The van der Waals surface area contributed by atoms with Crippen LogP contribution in [0.2, 0.25) is 0 Å². The number of thiazole rings is 1. The summed E-state index contributed by atoms with van der Waals surface area (Å²) in [4.78, 5) is 4.29. The molecule has 1 aromatic carbocycles. The molecular formula is C15H16N2OS. The highest BCUT2D eigenvalue weighted by Crippen LogP contribution is 2.22. The van der Waals surface area contributed by atoms with Gasteiger partial charge in [0.2, 0.25) is 0 Å². The molecule has 0 radical (unpaired) electrons. The topological polar surface area (TPSA) is 38.1 Å². The lowest BCUT2D eigenvalue weighted by atomic mass is 10.1. The van der Waals surface area contributed by atoms with Crippen LogP contribution in [0, 0.1) is 0 Å². The summed E-state index contributed by atoms with van der Waals surface area (Å²) in [6.45, 7) is 2.19. The molecule has 1 N–H and O–H groups in total. The summed E-state index contributed by atoms with van der Waals surface area (Å²) in [5.41, 5.74) is 4.11. The lowest BCUT2D eigenvalue weighted by molar-refractivity contribution is 0.495. The van der Waals surface area contributed by atoms with E-state index in [2.05, 4.69) is 35.4 Å². The number of anilines is 1. The third-order valence-corrected chi connectivity index (χ3v) is 3.94. The van der Waals surface area contributed by atoms with Crippen molar-refractivity contribution in [1.29, 1.82) is 0 Å². The number of hydrogen-bond acceptors (Lipinski definition) is 4. The molecule has 2 heterocycles. The van der Waals surface area contributed by atoms with E-state index >= 15 is 0 Å².